The number of benzene rings is 1. The van der Waals surface area contributed by atoms with Crippen LogP contribution in [0.1, 0.15) is 11.1 Å². The molecule has 0 fully saturated rings. The summed E-state index contributed by atoms with van der Waals surface area (Å²) < 4.78 is 6.72. The molecule has 0 amide bonds. The van der Waals surface area contributed by atoms with Gasteiger partial charge in [-0.05, 0) is 17.7 Å². The third kappa shape index (κ3) is 2.81. The second-order valence-electron chi connectivity index (χ2n) is 4.44. The highest BCUT2D eigenvalue weighted by molar-refractivity contribution is 9.10. The van der Waals surface area contributed by atoms with E-state index in [1.54, 1.807) is 6.07 Å². The lowest BCUT2D eigenvalue weighted by Gasteiger charge is -2.11. The summed E-state index contributed by atoms with van der Waals surface area (Å²) in [7, 11) is 0. The van der Waals surface area contributed by atoms with E-state index in [0.717, 1.165) is 28.8 Å². The molecule has 5 nitrogen and oxygen atoms in total. The maximum absolute atomic E-state index is 5.85. The molecule has 0 radical (unpaired) electrons. The first-order chi connectivity index (χ1) is 9.61. The van der Waals surface area contributed by atoms with Gasteiger partial charge in [-0.25, -0.2) is 4.98 Å². The van der Waals surface area contributed by atoms with Gasteiger partial charge in [0.25, 0.3) is 0 Å². The van der Waals surface area contributed by atoms with E-state index in [1.807, 2.05) is 6.07 Å². The fourth-order valence-electron chi connectivity index (χ4n) is 2.19. The lowest BCUT2D eigenvalue weighted by molar-refractivity contribution is 0.354. The van der Waals surface area contributed by atoms with Crippen LogP contribution in [0.2, 0.25) is 5.15 Å². The zero-order chi connectivity index (χ0) is 14.1. The largest absolute Gasteiger partial charge is 0.493 e. The summed E-state index contributed by atoms with van der Waals surface area (Å²) >= 11 is 9.36. The van der Waals surface area contributed by atoms with E-state index in [0.29, 0.717) is 17.5 Å². The Bertz CT molecular complexity index is 645. The Labute approximate surface area is 129 Å². The van der Waals surface area contributed by atoms with Crippen LogP contribution < -0.4 is 15.8 Å². The van der Waals surface area contributed by atoms with Crippen molar-refractivity contribution in [2.75, 3.05) is 17.7 Å². The van der Waals surface area contributed by atoms with Crippen LogP contribution in [0.4, 0.5) is 11.8 Å². The molecule has 0 saturated heterocycles. The Hall–Kier alpha value is -1.53. The Balaban J connectivity index is 1.82. The van der Waals surface area contributed by atoms with Gasteiger partial charge in [-0.1, -0.05) is 27.5 Å². The Morgan fingerprint density at radius 3 is 3.00 bits per heavy atom. The Kier molecular flexibility index (Phi) is 3.67. The predicted molar refractivity (Wildman–Crippen MR) is 82.1 cm³/mol. The van der Waals surface area contributed by atoms with Gasteiger partial charge >= 0.3 is 0 Å². The number of hydrogen-bond donors (Lipinski definition) is 2. The smallest absolute Gasteiger partial charge is 0.223 e. The van der Waals surface area contributed by atoms with Crippen LogP contribution >= 0.6 is 27.5 Å². The monoisotopic (exact) mass is 354 g/mol. The van der Waals surface area contributed by atoms with E-state index < -0.39 is 0 Å². The van der Waals surface area contributed by atoms with Crippen LogP contribution in [0.3, 0.4) is 0 Å². The number of anilines is 2. The number of rotatable bonds is 3. The van der Waals surface area contributed by atoms with Crippen LogP contribution in [-0.2, 0) is 13.0 Å². The van der Waals surface area contributed by atoms with Crippen LogP contribution in [-0.4, -0.2) is 16.6 Å². The maximum Gasteiger partial charge on any atom is 0.223 e. The molecular weight excluding hydrogens is 344 g/mol. The van der Waals surface area contributed by atoms with Crippen LogP contribution in [0, 0.1) is 0 Å². The lowest BCUT2D eigenvalue weighted by Crippen LogP contribution is -2.05. The van der Waals surface area contributed by atoms with Crippen LogP contribution in [0.25, 0.3) is 0 Å². The standard InChI is InChI=1S/C13H12BrClN4O/c14-9-3-7-1-2-20-12(7)8(4-9)6-17-11-5-10(15)18-13(16)19-11/h3-5H,1-2,6H2,(H3,16,17,18,19). The van der Waals surface area contributed by atoms with Crippen molar-refractivity contribution in [3.63, 3.8) is 0 Å². The van der Waals surface area contributed by atoms with Gasteiger partial charge in [0.05, 0.1) is 6.61 Å². The molecule has 3 N–H and O–H groups in total. The number of nitrogens with one attached hydrogen (secondary N) is 1. The molecule has 0 bridgehead atoms. The van der Waals surface area contributed by atoms with Crippen molar-refractivity contribution in [2.24, 2.45) is 0 Å². The molecule has 2 heterocycles. The van der Waals surface area contributed by atoms with E-state index >= 15 is 0 Å². The average Bonchev–Trinajstić information content (AvgIpc) is 2.82. The van der Waals surface area contributed by atoms with E-state index in [1.165, 1.54) is 5.56 Å². The van der Waals surface area contributed by atoms with Crippen LogP contribution in [0.15, 0.2) is 22.7 Å². The zero-order valence-corrected chi connectivity index (χ0v) is 12.8. The van der Waals surface area contributed by atoms with Crippen molar-refractivity contribution in [3.8, 4) is 5.75 Å². The first-order valence-electron chi connectivity index (χ1n) is 6.10. The molecule has 104 valence electrons. The van der Waals surface area contributed by atoms with E-state index in [4.69, 9.17) is 22.1 Å². The van der Waals surface area contributed by atoms with Crippen molar-refractivity contribution >= 4 is 39.3 Å². The highest BCUT2D eigenvalue weighted by atomic mass is 79.9. The highest BCUT2D eigenvalue weighted by Gasteiger charge is 2.17. The first-order valence-corrected chi connectivity index (χ1v) is 7.27. The number of aromatic nitrogens is 2. The third-order valence-electron chi connectivity index (χ3n) is 3.00. The number of nitrogens with zero attached hydrogens (tertiary/aromatic N) is 2. The molecule has 3 rings (SSSR count). The summed E-state index contributed by atoms with van der Waals surface area (Å²) in [5.41, 5.74) is 7.85. The molecule has 1 aromatic heterocycles. The van der Waals surface area contributed by atoms with E-state index in [-0.39, 0.29) is 5.95 Å². The van der Waals surface area contributed by atoms with Gasteiger partial charge in [0.15, 0.2) is 0 Å². The SMILES string of the molecule is Nc1nc(Cl)cc(NCc2cc(Br)cc3c2OCC3)n1. The summed E-state index contributed by atoms with van der Waals surface area (Å²) in [5.74, 6) is 1.69. The number of fused-ring (bicyclic) bond motifs is 1. The number of nitrogens with two attached hydrogens (primary N) is 1. The van der Waals surface area contributed by atoms with E-state index in [9.17, 15) is 0 Å². The normalized spacial score (nSPS) is 12.9. The average molecular weight is 356 g/mol. The van der Waals surface area contributed by atoms with Gasteiger partial charge in [-0.2, -0.15) is 4.98 Å². The minimum Gasteiger partial charge on any atom is -0.493 e. The van der Waals surface area contributed by atoms with Crippen molar-refractivity contribution < 1.29 is 4.74 Å². The lowest BCUT2D eigenvalue weighted by atomic mass is 10.1. The second kappa shape index (κ2) is 5.46. The minimum absolute atomic E-state index is 0.149. The maximum atomic E-state index is 5.85. The molecule has 0 atom stereocenters. The van der Waals surface area contributed by atoms with Gasteiger partial charge in [0.2, 0.25) is 5.95 Å². The molecule has 0 unspecified atom stereocenters. The topological polar surface area (TPSA) is 73.1 Å². The molecule has 1 aromatic carbocycles. The summed E-state index contributed by atoms with van der Waals surface area (Å²) in [5, 5.41) is 3.50. The number of nitrogen functional groups attached to an aromatic ring is 1. The second-order valence-corrected chi connectivity index (χ2v) is 5.74. The molecule has 20 heavy (non-hydrogen) atoms. The summed E-state index contributed by atoms with van der Waals surface area (Å²) in [6.07, 6.45) is 0.939. The zero-order valence-electron chi connectivity index (χ0n) is 10.5. The molecule has 2 aromatic rings. The van der Waals surface area contributed by atoms with Gasteiger partial charge < -0.3 is 15.8 Å². The van der Waals surface area contributed by atoms with Crippen molar-refractivity contribution in [2.45, 2.75) is 13.0 Å². The predicted octanol–water partition coefficient (Wildman–Crippen LogP) is 3.02. The molecule has 7 heteroatoms. The summed E-state index contributed by atoms with van der Waals surface area (Å²) in [6, 6.07) is 5.76. The quantitative estimate of drug-likeness (QED) is 0.828. The number of ether oxygens (including phenoxy) is 1. The van der Waals surface area contributed by atoms with Crippen molar-refractivity contribution in [1.29, 1.82) is 0 Å². The fourth-order valence-corrected chi connectivity index (χ4v) is 2.93. The van der Waals surface area contributed by atoms with Crippen LogP contribution in [0.5, 0.6) is 5.75 Å². The fraction of sp³-hybridized carbons (Fsp3) is 0.231. The number of hydrogen-bond acceptors (Lipinski definition) is 5. The number of halogens is 2. The van der Waals surface area contributed by atoms with Crippen molar-refractivity contribution in [1.82, 2.24) is 9.97 Å². The summed E-state index contributed by atoms with van der Waals surface area (Å²) in [6.45, 7) is 1.31. The summed E-state index contributed by atoms with van der Waals surface area (Å²) in [4.78, 5) is 7.90. The molecule has 0 spiro atoms. The van der Waals surface area contributed by atoms with Gasteiger partial charge in [-0.15, -0.1) is 0 Å². The van der Waals surface area contributed by atoms with Gasteiger partial charge in [0, 0.05) is 29.1 Å². The first kappa shape index (κ1) is 13.5. The Morgan fingerprint density at radius 2 is 2.20 bits per heavy atom. The molecule has 0 saturated carbocycles. The van der Waals surface area contributed by atoms with Gasteiger partial charge in [0.1, 0.15) is 16.7 Å². The molecule has 1 aliphatic rings. The molecule has 0 aliphatic carbocycles. The third-order valence-corrected chi connectivity index (χ3v) is 3.65. The Morgan fingerprint density at radius 1 is 1.35 bits per heavy atom. The van der Waals surface area contributed by atoms with Crippen molar-refractivity contribution in [3.05, 3.63) is 39.0 Å². The van der Waals surface area contributed by atoms with Gasteiger partial charge in [-0.3, -0.25) is 0 Å². The highest BCUT2D eigenvalue weighted by Crippen LogP contribution is 2.33. The molecular formula is C13H12BrClN4O. The molecule has 1 aliphatic heterocycles. The minimum atomic E-state index is 0.149. The van der Waals surface area contributed by atoms with E-state index in [2.05, 4.69) is 37.3 Å².